The van der Waals surface area contributed by atoms with Crippen LogP contribution >= 0.6 is 11.6 Å². The first-order chi connectivity index (χ1) is 8.77. The summed E-state index contributed by atoms with van der Waals surface area (Å²) in [4.78, 5) is 2.26. The third-order valence-corrected chi connectivity index (χ3v) is 3.36. The van der Waals surface area contributed by atoms with E-state index in [1.165, 1.54) is 6.42 Å². The molecule has 18 heavy (non-hydrogen) atoms. The van der Waals surface area contributed by atoms with Crippen molar-refractivity contribution in [1.29, 1.82) is 0 Å². The van der Waals surface area contributed by atoms with E-state index in [9.17, 15) is 0 Å². The highest BCUT2D eigenvalue weighted by Gasteiger charge is 2.12. The Labute approximate surface area is 113 Å². The molecular formula is C14H18ClN3. The fourth-order valence-electron chi connectivity index (χ4n) is 2.05. The number of benzene rings is 1. The molecule has 0 aliphatic heterocycles. The van der Waals surface area contributed by atoms with Gasteiger partial charge in [0.1, 0.15) is 0 Å². The van der Waals surface area contributed by atoms with Crippen LogP contribution in [0, 0.1) is 0 Å². The van der Waals surface area contributed by atoms with Gasteiger partial charge in [-0.05, 0) is 13.3 Å². The van der Waals surface area contributed by atoms with Crippen molar-refractivity contribution >= 4 is 28.2 Å². The molecule has 2 rings (SSSR count). The second kappa shape index (κ2) is 6.01. The third-order valence-electron chi connectivity index (χ3n) is 3.09. The van der Waals surface area contributed by atoms with Crippen molar-refractivity contribution < 1.29 is 0 Å². The molecule has 1 aromatic heterocycles. The molecule has 0 unspecified atom stereocenters. The van der Waals surface area contributed by atoms with Gasteiger partial charge in [0, 0.05) is 23.9 Å². The van der Waals surface area contributed by atoms with Crippen LogP contribution in [0.15, 0.2) is 24.3 Å². The van der Waals surface area contributed by atoms with Crippen molar-refractivity contribution in [2.45, 2.75) is 26.7 Å². The monoisotopic (exact) mass is 263 g/mol. The second-order valence-corrected chi connectivity index (χ2v) is 4.65. The molecule has 1 heterocycles. The second-order valence-electron chi connectivity index (χ2n) is 4.29. The molecule has 0 spiro atoms. The van der Waals surface area contributed by atoms with E-state index in [0.717, 1.165) is 36.1 Å². The molecule has 0 amide bonds. The Bertz CT molecular complexity index is 527. The number of anilines is 1. The highest BCUT2D eigenvalue weighted by Crippen LogP contribution is 2.28. The fourth-order valence-corrected chi connectivity index (χ4v) is 2.26. The summed E-state index contributed by atoms with van der Waals surface area (Å²) in [5.74, 6) is 0.936. The Hall–Kier alpha value is -1.35. The van der Waals surface area contributed by atoms with E-state index in [-0.39, 0.29) is 0 Å². The average molecular weight is 264 g/mol. The lowest BCUT2D eigenvalue weighted by Gasteiger charge is -2.22. The van der Waals surface area contributed by atoms with Crippen molar-refractivity contribution in [2.24, 2.45) is 0 Å². The number of hydrogen-bond acceptors (Lipinski definition) is 3. The molecule has 0 bridgehead atoms. The molecule has 0 atom stereocenters. The SMILES string of the molecule is CCCCN(CC)c1nnc(Cl)c2ccccc12. The molecule has 3 nitrogen and oxygen atoms in total. The normalized spacial score (nSPS) is 10.8. The molecule has 2 aromatic rings. The summed E-state index contributed by atoms with van der Waals surface area (Å²) in [6, 6.07) is 8.03. The number of nitrogens with zero attached hydrogens (tertiary/aromatic N) is 3. The molecule has 0 aliphatic carbocycles. The number of halogens is 1. The van der Waals surface area contributed by atoms with Crippen LogP contribution in [-0.4, -0.2) is 23.3 Å². The Balaban J connectivity index is 2.46. The number of unbranched alkanes of at least 4 members (excludes halogenated alkanes) is 1. The Morgan fingerprint density at radius 3 is 2.50 bits per heavy atom. The molecule has 1 aromatic carbocycles. The van der Waals surface area contributed by atoms with Crippen LogP contribution in [0.3, 0.4) is 0 Å². The lowest BCUT2D eigenvalue weighted by atomic mass is 10.2. The summed E-state index contributed by atoms with van der Waals surface area (Å²) in [5.41, 5.74) is 0. The first-order valence-electron chi connectivity index (χ1n) is 6.43. The van der Waals surface area contributed by atoms with Crippen LogP contribution in [0.5, 0.6) is 0 Å². The molecular weight excluding hydrogens is 246 g/mol. The van der Waals surface area contributed by atoms with E-state index in [4.69, 9.17) is 11.6 Å². The zero-order valence-corrected chi connectivity index (χ0v) is 11.6. The third kappa shape index (κ3) is 2.56. The van der Waals surface area contributed by atoms with E-state index < -0.39 is 0 Å². The van der Waals surface area contributed by atoms with E-state index in [1.54, 1.807) is 0 Å². The Morgan fingerprint density at radius 1 is 1.11 bits per heavy atom. The maximum absolute atomic E-state index is 6.09. The van der Waals surface area contributed by atoms with Crippen LogP contribution < -0.4 is 4.90 Å². The van der Waals surface area contributed by atoms with Crippen LogP contribution in [0.25, 0.3) is 10.8 Å². The highest BCUT2D eigenvalue weighted by molar-refractivity contribution is 6.34. The van der Waals surface area contributed by atoms with Crippen molar-refractivity contribution in [3.05, 3.63) is 29.4 Å². The summed E-state index contributed by atoms with van der Waals surface area (Å²) < 4.78 is 0. The van der Waals surface area contributed by atoms with Gasteiger partial charge in [-0.2, -0.15) is 0 Å². The van der Waals surface area contributed by atoms with Gasteiger partial charge in [0.15, 0.2) is 11.0 Å². The zero-order chi connectivity index (χ0) is 13.0. The molecule has 0 radical (unpaired) electrons. The lowest BCUT2D eigenvalue weighted by molar-refractivity contribution is 0.721. The number of hydrogen-bond donors (Lipinski definition) is 0. The van der Waals surface area contributed by atoms with Gasteiger partial charge in [-0.1, -0.05) is 49.2 Å². The van der Waals surface area contributed by atoms with Crippen LogP contribution in [0.2, 0.25) is 5.15 Å². The quantitative estimate of drug-likeness (QED) is 0.819. The maximum atomic E-state index is 6.09. The van der Waals surface area contributed by atoms with Gasteiger partial charge in [-0.25, -0.2) is 0 Å². The summed E-state index contributed by atoms with van der Waals surface area (Å²) in [7, 11) is 0. The minimum Gasteiger partial charge on any atom is -0.355 e. The standard InChI is InChI=1S/C14H18ClN3/c1-3-5-10-18(4-2)14-12-9-7-6-8-11(12)13(15)16-17-14/h6-9H,3-5,10H2,1-2H3. The van der Waals surface area contributed by atoms with Crippen molar-refractivity contribution in [2.75, 3.05) is 18.0 Å². The molecule has 0 aliphatic rings. The van der Waals surface area contributed by atoms with Gasteiger partial charge < -0.3 is 4.90 Å². The predicted molar refractivity (Wildman–Crippen MR) is 77.3 cm³/mol. The lowest BCUT2D eigenvalue weighted by Crippen LogP contribution is -2.25. The van der Waals surface area contributed by atoms with Gasteiger partial charge in [-0.15, -0.1) is 10.2 Å². The maximum Gasteiger partial charge on any atom is 0.159 e. The summed E-state index contributed by atoms with van der Waals surface area (Å²) in [5, 5.41) is 10.9. The predicted octanol–water partition coefficient (Wildman–Crippen LogP) is 3.91. The minimum absolute atomic E-state index is 0.473. The average Bonchev–Trinajstić information content (AvgIpc) is 2.42. The number of aromatic nitrogens is 2. The Morgan fingerprint density at radius 2 is 1.83 bits per heavy atom. The summed E-state index contributed by atoms with van der Waals surface area (Å²) >= 11 is 6.09. The first kappa shape index (κ1) is 13.1. The van der Waals surface area contributed by atoms with Gasteiger partial charge in [-0.3, -0.25) is 0 Å². The van der Waals surface area contributed by atoms with Gasteiger partial charge >= 0.3 is 0 Å². The van der Waals surface area contributed by atoms with Gasteiger partial charge in [0.25, 0.3) is 0 Å². The highest BCUT2D eigenvalue weighted by atomic mass is 35.5. The zero-order valence-electron chi connectivity index (χ0n) is 10.9. The number of fused-ring (bicyclic) bond motifs is 1. The van der Waals surface area contributed by atoms with Crippen molar-refractivity contribution in [3.63, 3.8) is 0 Å². The Kier molecular flexibility index (Phi) is 4.37. The van der Waals surface area contributed by atoms with E-state index in [0.29, 0.717) is 5.15 Å². The van der Waals surface area contributed by atoms with E-state index in [2.05, 4.69) is 35.0 Å². The van der Waals surface area contributed by atoms with Gasteiger partial charge in [0.05, 0.1) is 0 Å². The molecule has 0 fully saturated rings. The molecule has 0 saturated carbocycles. The largest absolute Gasteiger partial charge is 0.355 e. The van der Waals surface area contributed by atoms with Crippen molar-refractivity contribution in [3.8, 4) is 0 Å². The smallest absolute Gasteiger partial charge is 0.159 e. The molecule has 4 heteroatoms. The van der Waals surface area contributed by atoms with Crippen LogP contribution in [0.1, 0.15) is 26.7 Å². The molecule has 0 saturated heterocycles. The topological polar surface area (TPSA) is 29.0 Å². The first-order valence-corrected chi connectivity index (χ1v) is 6.81. The van der Waals surface area contributed by atoms with E-state index in [1.807, 2.05) is 18.2 Å². The van der Waals surface area contributed by atoms with Gasteiger partial charge in [0.2, 0.25) is 0 Å². The van der Waals surface area contributed by atoms with Crippen LogP contribution in [0.4, 0.5) is 5.82 Å². The summed E-state index contributed by atoms with van der Waals surface area (Å²) in [6.07, 6.45) is 2.34. The van der Waals surface area contributed by atoms with Crippen LogP contribution in [-0.2, 0) is 0 Å². The van der Waals surface area contributed by atoms with Crippen molar-refractivity contribution in [1.82, 2.24) is 10.2 Å². The number of rotatable bonds is 5. The molecule has 0 N–H and O–H groups in total. The fraction of sp³-hybridized carbons (Fsp3) is 0.429. The van der Waals surface area contributed by atoms with E-state index >= 15 is 0 Å². The summed E-state index contributed by atoms with van der Waals surface area (Å²) in [6.45, 7) is 6.27. The minimum atomic E-state index is 0.473. The molecule has 96 valence electrons.